The topological polar surface area (TPSA) is 123 Å². The van der Waals surface area contributed by atoms with E-state index in [4.69, 9.17) is 21.1 Å². The summed E-state index contributed by atoms with van der Waals surface area (Å²) in [4.78, 5) is 32.4. The van der Waals surface area contributed by atoms with Crippen LogP contribution in [0.2, 0.25) is 5.02 Å². The van der Waals surface area contributed by atoms with E-state index in [-0.39, 0.29) is 22.0 Å². The van der Waals surface area contributed by atoms with Crippen LogP contribution >= 0.6 is 11.6 Å². The lowest BCUT2D eigenvalue weighted by Gasteiger charge is -2.05. The standard InChI is InChI=1S/C12H7ClN2O6/c13-7-3-6(12(17)18)4-8(5-7)14-11(16)9-1-2-10(21-9)15(19)20/h1-5H,(H,14,16)(H,17,18). The van der Waals surface area contributed by atoms with E-state index in [9.17, 15) is 19.7 Å². The number of carbonyl (C=O) groups excluding carboxylic acids is 1. The van der Waals surface area contributed by atoms with Crippen molar-refractivity contribution in [1.82, 2.24) is 0 Å². The van der Waals surface area contributed by atoms with Gasteiger partial charge in [0.25, 0.3) is 5.91 Å². The van der Waals surface area contributed by atoms with Gasteiger partial charge in [0.1, 0.15) is 4.92 Å². The Hall–Kier alpha value is -2.87. The van der Waals surface area contributed by atoms with Gasteiger partial charge in [-0.25, -0.2) is 4.79 Å². The molecule has 1 aromatic carbocycles. The number of amides is 1. The monoisotopic (exact) mass is 310 g/mol. The number of furan rings is 1. The number of rotatable bonds is 4. The molecule has 0 saturated heterocycles. The molecule has 0 spiro atoms. The maximum Gasteiger partial charge on any atom is 0.433 e. The summed E-state index contributed by atoms with van der Waals surface area (Å²) in [5.41, 5.74) is 0.0205. The van der Waals surface area contributed by atoms with Crippen LogP contribution in [0.25, 0.3) is 0 Å². The predicted molar refractivity (Wildman–Crippen MR) is 71.7 cm³/mol. The fourth-order valence-corrected chi connectivity index (χ4v) is 1.76. The molecule has 0 aliphatic carbocycles. The number of nitrogens with zero attached hydrogens (tertiary/aromatic N) is 1. The van der Waals surface area contributed by atoms with Crippen LogP contribution in [-0.4, -0.2) is 21.9 Å². The lowest BCUT2D eigenvalue weighted by atomic mass is 10.2. The minimum absolute atomic E-state index is 0.108. The molecule has 2 aromatic rings. The van der Waals surface area contributed by atoms with E-state index in [2.05, 4.69) is 5.32 Å². The highest BCUT2D eigenvalue weighted by Gasteiger charge is 2.18. The molecule has 2 rings (SSSR count). The van der Waals surface area contributed by atoms with Crippen molar-refractivity contribution >= 4 is 35.0 Å². The van der Waals surface area contributed by atoms with Crippen LogP contribution in [0.3, 0.4) is 0 Å². The first-order chi connectivity index (χ1) is 9.86. The molecule has 2 N–H and O–H groups in total. The summed E-state index contributed by atoms with van der Waals surface area (Å²) < 4.78 is 4.73. The fourth-order valence-electron chi connectivity index (χ4n) is 1.53. The average Bonchev–Trinajstić information content (AvgIpc) is 2.87. The number of halogens is 1. The number of carboxylic acid groups (broad SMARTS) is 1. The summed E-state index contributed by atoms with van der Waals surface area (Å²) in [5.74, 6) is -2.82. The van der Waals surface area contributed by atoms with Gasteiger partial charge in [0.15, 0.2) is 5.76 Å². The number of nitro groups is 1. The summed E-state index contributed by atoms with van der Waals surface area (Å²) >= 11 is 5.74. The number of anilines is 1. The molecule has 1 heterocycles. The summed E-state index contributed by atoms with van der Waals surface area (Å²) in [6.45, 7) is 0. The van der Waals surface area contributed by atoms with Gasteiger partial charge in [-0.05, 0) is 24.3 Å². The second-order valence-corrected chi connectivity index (χ2v) is 4.32. The van der Waals surface area contributed by atoms with Crippen molar-refractivity contribution in [1.29, 1.82) is 0 Å². The van der Waals surface area contributed by atoms with Crippen LogP contribution in [0.1, 0.15) is 20.9 Å². The molecular formula is C12H7ClN2O6. The molecule has 0 radical (unpaired) electrons. The van der Waals surface area contributed by atoms with Gasteiger partial charge in [-0.2, -0.15) is 0 Å². The largest absolute Gasteiger partial charge is 0.478 e. The summed E-state index contributed by atoms with van der Waals surface area (Å²) in [6.07, 6.45) is 0. The van der Waals surface area contributed by atoms with E-state index >= 15 is 0 Å². The molecule has 0 unspecified atom stereocenters. The van der Waals surface area contributed by atoms with Gasteiger partial charge >= 0.3 is 11.9 Å². The Labute approximate surface area is 122 Å². The normalized spacial score (nSPS) is 10.1. The Kier molecular flexibility index (Phi) is 3.90. The van der Waals surface area contributed by atoms with Gasteiger partial charge in [0.05, 0.1) is 11.6 Å². The van der Waals surface area contributed by atoms with E-state index in [0.717, 1.165) is 12.1 Å². The highest BCUT2D eigenvalue weighted by Crippen LogP contribution is 2.21. The quantitative estimate of drug-likeness (QED) is 0.661. The second-order valence-electron chi connectivity index (χ2n) is 3.88. The first kappa shape index (κ1) is 14.5. The van der Waals surface area contributed by atoms with Crippen molar-refractivity contribution in [3.63, 3.8) is 0 Å². The van der Waals surface area contributed by atoms with E-state index in [0.29, 0.717) is 0 Å². The average molecular weight is 311 g/mol. The van der Waals surface area contributed by atoms with Crippen LogP contribution in [0.5, 0.6) is 0 Å². The van der Waals surface area contributed by atoms with Crippen molar-refractivity contribution in [3.8, 4) is 0 Å². The molecule has 108 valence electrons. The van der Waals surface area contributed by atoms with E-state index in [1.54, 1.807) is 0 Å². The molecule has 0 aliphatic heterocycles. The molecule has 8 nitrogen and oxygen atoms in total. The van der Waals surface area contributed by atoms with Crippen LogP contribution < -0.4 is 5.32 Å². The maximum atomic E-state index is 11.8. The van der Waals surface area contributed by atoms with Crippen molar-refractivity contribution in [3.05, 3.63) is 56.8 Å². The molecule has 9 heteroatoms. The molecule has 1 aromatic heterocycles. The first-order valence-corrected chi connectivity index (χ1v) is 5.84. The van der Waals surface area contributed by atoms with Crippen molar-refractivity contribution in [2.45, 2.75) is 0 Å². The number of carboxylic acids is 1. The van der Waals surface area contributed by atoms with Crippen molar-refractivity contribution < 1.29 is 24.0 Å². The number of hydrogen-bond donors (Lipinski definition) is 2. The maximum absolute atomic E-state index is 11.8. The third-order valence-corrected chi connectivity index (χ3v) is 2.62. The molecule has 21 heavy (non-hydrogen) atoms. The number of nitrogens with one attached hydrogen (secondary N) is 1. The third kappa shape index (κ3) is 3.37. The number of aromatic carboxylic acids is 1. The molecule has 1 amide bonds. The van der Waals surface area contributed by atoms with Crippen molar-refractivity contribution in [2.75, 3.05) is 5.32 Å². The van der Waals surface area contributed by atoms with Crippen LogP contribution in [-0.2, 0) is 0 Å². The lowest BCUT2D eigenvalue weighted by Crippen LogP contribution is -2.11. The zero-order chi connectivity index (χ0) is 15.6. The number of carbonyl (C=O) groups is 2. The highest BCUT2D eigenvalue weighted by atomic mass is 35.5. The molecule has 0 aliphatic rings. The SMILES string of the molecule is O=C(O)c1cc(Cl)cc(NC(=O)c2ccc([N+](=O)[O-])o2)c1. The number of hydrogen-bond acceptors (Lipinski definition) is 5. The summed E-state index contributed by atoms with van der Waals surface area (Å²) in [5, 5.41) is 21.8. The highest BCUT2D eigenvalue weighted by molar-refractivity contribution is 6.31. The van der Waals surface area contributed by atoms with Gasteiger partial charge in [0.2, 0.25) is 0 Å². The zero-order valence-corrected chi connectivity index (χ0v) is 11.0. The summed E-state index contributed by atoms with van der Waals surface area (Å²) in [6, 6.07) is 5.93. The lowest BCUT2D eigenvalue weighted by molar-refractivity contribution is -0.402. The minimum Gasteiger partial charge on any atom is -0.478 e. The smallest absolute Gasteiger partial charge is 0.433 e. The number of benzene rings is 1. The Balaban J connectivity index is 2.22. The summed E-state index contributed by atoms with van der Waals surface area (Å²) in [7, 11) is 0. The van der Waals surface area contributed by atoms with Gasteiger partial charge in [-0.3, -0.25) is 14.9 Å². The Morgan fingerprint density at radius 1 is 1.29 bits per heavy atom. The van der Waals surface area contributed by atoms with Gasteiger partial charge in [-0.1, -0.05) is 11.6 Å². The fraction of sp³-hybridized carbons (Fsp3) is 0. The predicted octanol–water partition coefficient (Wildman–Crippen LogP) is 2.79. The van der Waals surface area contributed by atoms with Gasteiger partial charge < -0.3 is 14.8 Å². The van der Waals surface area contributed by atoms with Crippen LogP contribution in [0.15, 0.2) is 34.7 Å². The Bertz CT molecular complexity index is 739. The zero-order valence-electron chi connectivity index (χ0n) is 10.2. The molecule has 0 fully saturated rings. The van der Waals surface area contributed by atoms with Crippen LogP contribution in [0.4, 0.5) is 11.6 Å². The Morgan fingerprint density at radius 2 is 2.00 bits per heavy atom. The minimum atomic E-state index is -1.21. The second kappa shape index (κ2) is 5.63. The molecule has 0 atom stereocenters. The van der Waals surface area contributed by atoms with Crippen molar-refractivity contribution in [2.24, 2.45) is 0 Å². The van der Waals surface area contributed by atoms with Gasteiger partial charge in [0, 0.05) is 10.7 Å². The van der Waals surface area contributed by atoms with E-state index in [1.165, 1.54) is 18.2 Å². The third-order valence-electron chi connectivity index (χ3n) is 2.40. The Morgan fingerprint density at radius 3 is 2.57 bits per heavy atom. The molecule has 0 saturated carbocycles. The van der Waals surface area contributed by atoms with E-state index < -0.39 is 22.7 Å². The van der Waals surface area contributed by atoms with Gasteiger partial charge in [-0.15, -0.1) is 0 Å². The molecule has 0 bridgehead atoms. The first-order valence-electron chi connectivity index (χ1n) is 5.46. The van der Waals surface area contributed by atoms with E-state index in [1.807, 2.05) is 0 Å². The molecular weight excluding hydrogens is 304 g/mol. The van der Waals surface area contributed by atoms with Crippen LogP contribution in [0, 0.1) is 10.1 Å².